The Bertz CT molecular complexity index is 1600. The Hall–Kier alpha value is -5.00. The van der Waals surface area contributed by atoms with Gasteiger partial charge in [-0.1, -0.05) is 19.9 Å². The zero-order chi connectivity index (χ0) is 30.5. The molecule has 228 valence electrons. The number of benzene rings is 1. The molecule has 1 atom stereocenters. The second-order valence-corrected chi connectivity index (χ2v) is 11.2. The lowest BCUT2D eigenvalue weighted by atomic mass is 10.1. The van der Waals surface area contributed by atoms with Crippen LogP contribution in [-0.2, 0) is 11.2 Å². The largest absolute Gasteiger partial charge is 0.486 e. The number of fused-ring (bicyclic) bond motifs is 1. The van der Waals surface area contributed by atoms with Crippen molar-refractivity contribution >= 4 is 17.6 Å². The zero-order valence-electron chi connectivity index (χ0n) is 24.9. The molecule has 1 fully saturated rings. The number of rotatable bonds is 9. The minimum absolute atomic E-state index is 0.0961. The molecule has 0 bridgehead atoms. The van der Waals surface area contributed by atoms with Crippen molar-refractivity contribution in [1.82, 2.24) is 34.7 Å². The number of imidazole rings is 1. The summed E-state index contributed by atoms with van der Waals surface area (Å²) in [5.41, 5.74) is 2.46. The third kappa shape index (κ3) is 6.64. The molecule has 4 aromatic rings. The molecule has 1 aromatic carbocycles. The number of ether oxygens (including phenoxy) is 2. The topological polar surface area (TPSA) is 128 Å². The van der Waals surface area contributed by atoms with Gasteiger partial charge in [-0.15, -0.1) is 0 Å². The van der Waals surface area contributed by atoms with Crippen LogP contribution in [0.25, 0.3) is 5.95 Å². The normalized spacial score (nSPS) is 16.2. The van der Waals surface area contributed by atoms with Gasteiger partial charge in [0.15, 0.2) is 11.5 Å². The SMILES string of the molecule is CC(C)c1cc(N2CCN(C(=O)c3cccnc3)CC2CC(=O)NCCc2ccc3c(c2)OCCO3)nc(-n2ccnc2)n1. The van der Waals surface area contributed by atoms with E-state index in [-0.39, 0.29) is 30.2 Å². The first-order valence-electron chi connectivity index (χ1n) is 14.9. The van der Waals surface area contributed by atoms with E-state index in [9.17, 15) is 9.59 Å². The molecule has 0 saturated carbocycles. The molecule has 1 N–H and O–H groups in total. The number of aromatic nitrogens is 5. The average Bonchev–Trinajstić information content (AvgIpc) is 3.60. The number of nitrogens with one attached hydrogen (secondary N) is 1. The second kappa shape index (κ2) is 13.1. The lowest BCUT2D eigenvalue weighted by molar-refractivity contribution is -0.121. The fraction of sp³-hybridized carbons (Fsp3) is 0.375. The zero-order valence-corrected chi connectivity index (χ0v) is 24.9. The molecule has 12 heteroatoms. The summed E-state index contributed by atoms with van der Waals surface area (Å²) < 4.78 is 13.1. The maximum atomic E-state index is 13.4. The number of carbonyl (C=O) groups excluding carboxylic acids is 2. The molecule has 1 saturated heterocycles. The maximum absolute atomic E-state index is 13.4. The van der Waals surface area contributed by atoms with E-state index in [1.54, 1.807) is 52.7 Å². The van der Waals surface area contributed by atoms with E-state index in [0.717, 1.165) is 28.6 Å². The molecule has 1 unspecified atom stereocenters. The summed E-state index contributed by atoms with van der Waals surface area (Å²) in [5.74, 6) is 2.67. The first-order chi connectivity index (χ1) is 21.4. The third-order valence-electron chi connectivity index (χ3n) is 7.78. The third-order valence-corrected chi connectivity index (χ3v) is 7.78. The Kier molecular flexibility index (Phi) is 8.67. The van der Waals surface area contributed by atoms with Gasteiger partial charge < -0.3 is 24.6 Å². The summed E-state index contributed by atoms with van der Waals surface area (Å²) in [4.78, 5) is 48.5. The van der Waals surface area contributed by atoms with Crippen LogP contribution in [-0.4, -0.2) is 86.7 Å². The van der Waals surface area contributed by atoms with Gasteiger partial charge in [0, 0.05) is 63.5 Å². The van der Waals surface area contributed by atoms with Crippen LogP contribution in [0.3, 0.4) is 0 Å². The summed E-state index contributed by atoms with van der Waals surface area (Å²) in [5, 5.41) is 3.07. The molecule has 0 aliphatic carbocycles. The number of amides is 2. The van der Waals surface area contributed by atoms with Crippen molar-refractivity contribution in [1.29, 1.82) is 0 Å². The second-order valence-electron chi connectivity index (χ2n) is 11.2. The molecular formula is C32H36N8O4. The summed E-state index contributed by atoms with van der Waals surface area (Å²) in [7, 11) is 0. The van der Waals surface area contributed by atoms with Gasteiger partial charge in [0.05, 0.1) is 17.3 Å². The van der Waals surface area contributed by atoms with Gasteiger partial charge in [-0.25, -0.2) is 9.97 Å². The van der Waals surface area contributed by atoms with E-state index in [4.69, 9.17) is 19.4 Å². The predicted molar refractivity (Wildman–Crippen MR) is 163 cm³/mol. The Balaban J connectivity index is 1.20. The molecule has 5 heterocycles. The number of piperazine rings is 1. The van der Waals surface area contributed by atoms with Gasteiger partial charge in [-0.2, -0.15) is 4.98 Å². The van der Waals surface area contributed by atoms with Crippen LogP contribution < -0.4 is 19.7 Å². The first kappa shape index (κ1) is 29.1. The van der Waals surface area contributed by atoms with Crippen LogP contribution in [0.1, 0.15) is 47.8 Å². The van der Waals surface area contributed by atoms with Gasteiger partial charge >= 0.3 is 0 Å². The summed E-state index contributed by atoms with van der Waals surface area (Å²) in [6.07, 6.45) is 9.23. The van der Waals surface area contributed by atoms with Gasteiger partial charge in [0.1, 0.15) is 25.4 Å². The van der Waals surface area contributed by atoms with Crippen LogP contribution in [0, 0.1) is 0 Å². The standard InChI is InChI=1S/C32H36N8O4/c1-22(2)26-18-29(37-32(36-26)39-11-10-34-21-39)40-13-12-38(31(42)24-4-3-8-33-19-24)20-25(40)17-30(41)35-9-7-23-5-6-27-28(16-23)44-15-14-43-27/h3-6,8,10-11,16,18-19,21-22,25H,7,9,12-15,17,20H2,1-2H3,(H,35,41). The Morgan fingerprint density at radius 1 is 1.02 bits per heavy atom. The number of pyridine rings is 1. The van der Waals surface area contributed by atoms with E-state index >= 15 is 0 Å². The van der Waals surface area contributed by atoms with E-state index < -0.39 is 0 Å². The molecule has 0 spiro atoms. The minimum atomic E-state index is -0.302. The highest BCUT2D eigenvalue weighted by Gasteiger charge is 2.33. The van der Waals surface area contributed by atoms with Crippen molar-refractivity contribution in [3.8, 4) is 17.4 Å². The van der Waals surface area contributed by atoms with Gasteiger partial charge in [-0.3, -0.25) is 19.1 Å². The van der Waals surface area contributed by atoms with Crippen LogP contribution >= 0.6 is 0 Å². The fourth-order valence-electron chi connectivity index (χ4n) is 5.44. The van der Waals surface area contributed by atoms with Crippen molar-refractivity contribution in [3.05, 3.63) is 84.3 Å². The Morgan fingerprint density at radius 2 is 1.89 bits per heavy atom. The van der Waals surface area contributed by atoms with Crippen LogP contribution in [0.15, 0.2) is 67.5 Å². The van der Waals surface area contributed by atoms with E-state index in [2.05, 4.69) is 34.0 Å². The number of carbonyl (C=O) groups is 2. The molecule has 44 heavy (non-hydrogen) atoms. The molecule has 2 aliphatic rings. The monoisotopic (exact) mass is 596 g/mol. The molecule has 3 aromatic heterocycles. The van der Waals surface area contributed by atoms with E-state index in [1.807, 2.05) is 24.3 Å². The predicted octanol–water partition coefficient (Wildman–Crippen LogP) is 3.03. The number of hydrogen-bond acceptors (Lipinski definition) is 9. The molecule has 2 amide bonds. The lowest BCUT2D eigenvalue weighted by Gasteiger charge is -2.42. The van der Waals surface area contributed by atoms with Crippen LogP contribution in [0.5, 0.6) is 11.5 Å². The van der Waals surface area contributed by atoms with Gasteiger partial charge in [0.25, 0.3) is 5.91 Å². The van der Waals surface area contributed by atoms with Crippen molar-refractivity contribution in [2.45, 2.75) is 38.6 Å². The summed E-state index contributed by atoms with van der Waals surface area (Å²) in [6, 6.07) is 11.1. The molecule has 2 aliphatic heterocycles. The van der Waals surface area contributed by atoms with Gasteiger partial charge in [-0.05, 0) is 42.2 Å². The van der Waals surface area contributed by atoms with Crippen LogP contribution in [0.4, 0.5) is 5.82 Å². The number of nitrogens with zero attached hydrogens (tertiary/aromatic N) is 7. The summed E-state index contributed by atoms with van der Waals surface area (Å²) >= 11 is 0. The average molecular weight is 597 g/mol. The van der Waals surface area contributed by atoms with Crippen molar-refractivity contribution in [2.24, 2.45) is 0 Å². The quantitative estimate of drug-likeness (QED) is 0.310. The Morgan fingerprint density at radius 3 is 2.66 bits per heavy atom. The molecule has 6 rings (SSSR count). The number of anilines is 1. The minimum Gasteiger partial charge on any atom is -0.486 e. The maximum Gasteiger partial charge on any atom is 0.255 e. The smallest absolute Gasteiger partial charge is 0.255 e. The number of hydrogen-bond donors (Lipinski definition) is 1. The first-order valence-corrected chi connectivity index (χ1v) is 14.9. The Labute approximate surface area is 256 Å². The highest BCUT2D eigenvalue weighted by Crippen LogP contribution is 2.31. The fourth-order valence-corrected chi connectivity index (χ4v) is 5.44. The highest BCUT2D eigenvalue weighted by atomic mass is 16.6. The molecular weight excluding hydrogens is 560 g/mol. The van der Waals surface area contributed by atoms with Crippen LogP contribution in [0.2, 0.25) is 0 Å². The highest BCUT2D eigenvalue weighted by molar-refractivity contribution is 5.94. The lowest BCUT2D eigenvalue weighted by Crippen LogP contribution is -2.56. The van der Waals surface area contributed by atoms with Crippen molar-refractivity contribution in [3.63, 3.8) is 0 Å². The molecule has 12 nitrogen and oxygen atoms in total. The van der Waals surface area contributed by atoms with Crippen molar-refractivity contribution < 1.29 is 19.1 Å². The van der Waals surface area contributed by atoms with E-state index in [0.29, 0.717) is 57.3 Å². The molecule has 0 radical (unpaired) electrons. The van der Waals surface area contributed by atoms with Gasteiger partial charge in [0.2, 0.25) is 11.9 Å². The van der Waals surface area contributed by atoms with E-state index in [1.165, 1.54) is 0 Å². The summed E-state index contributed by atoms with van der Waals surface area (Å²) in [6.45, 7) is 7.08. The van der Waals surface area contributed by atoms with Crippen molar-refractivity contribution in [2.75, 3.05) is 44.3 Å².